The number of nitrogens with zero attached hydrogens (tertiary/aromatic N) is 2. The van der Waals surface area contributed by atoms with Crippen LogP contribution in [0.15, 0.2) is 66.9 Å². The summed E-state index contributed by atoms with van der Waals surface area (Å²) in [7, 11) is 1.60. The molecule has 1 aliphatic heterocycles. The third-order valence-corrected chi connectivity index (χ3v) is 5.21. The van der Waals surface area contributed by atoms with Crippen molar-refractivity contribution < 1.29 is 19.1 Å². The lowest BCUT2D eigenvalue weighted by Gasteiger charge is -2.35. The van der Waals surface area contributed by atoms with E-state index in [1.54, 1.807) is 48.4 Å². The van der Waals surface area contributed by atoms with Gasteiger partial charge in [0.25, 0.3) is 5.91 Å². The first kappa shape index (κ1) is 20.4. The summed E-state index contributed by atoms with van der Waals surface area (Å²) < 4.78 is 10.9. The Morgan fingerprint density at radius 1 is 1.03 bits per heavy atom. The number of amides is 2. The lowest BCUT2D eigenvalue weighted by molar-refractivity contribution is -0.128. The molecule has 1 fully saturated rings. The molecule has 0 aliphatic carbocycles. The minimum absolute atomic E-state index is 0.187. The summed E-state index contributed by atoms with van der Waals surface area (Å²) in [5, 5.41) is 2.86. The summed E-state index contributed by atoms with van der Waals surface area (Å²) in [4.78, 5) is 31.7. The first-order chi connectivity index (χ1) is 15.1. The topological polar surface area (TPSA) is 80.8 Å². The van der Waals surface area contributed by atoms with E-state index in [2.05, 4.69) is 10.3 Å². The molecule has 7 nitrogen and oxygen atoms in total. The molecule has 0 radical (unpaired) electrons. The first-order valence-electron chi connectivity index (χ1n) is 9.99. The summed E-state index contributed by atoms with van der Waals surface area (Å²) in [6, 6.07) is 17.4. The minimum Gasteiger partial charge on any atom is -0.497 e. The van der Waals surface area contributed by atoms with Crippen LogP contribution in [0.25, 0.3) is 0 Å². The largest absolute Gasteiger partial charge is 0.497 e. The van der Waals surface area contributed by atoms with Crippen LogP contribution < -0.4 is 14.8 Å². The molecular formula is C24H23N3O4. The molecule has 3 aromatic rings. The van der Waals surface area contributed by atoms with Gasteiger partial charge in [-0.25, -0.2) is 4.98 Å². The summed E-state index contributed by atoms with van der Waals surface area (Å²) >= 11 is 0. The quantitative estimate of drug-likeness (QED) is 0.687. The number of aromatic nitrogens is 1. The van der Waals surface area contributed by atoms with Crippen LogP contribution in [-0.2, 0) is 4.79 Å². The minimum atomic E-state index is -0.681. The molecule has 0 spiro atoms. The van der Waals surface area contributed by atoms with E-state index in [0.29, 0.717) is 24.6 Å². The molecule has 1 unspecified atom stereocenters. The van der Waals surface area contributed by atoms with Gasteiger partial charge in [-0.1, -0.05) is 24.3 Å². The van der Waals surface area contributed by atoms with Crippen molar-refractivity contribution in [3.8, 4) is 17.2 Å². The Hall–Kier alpha value is -3.87. The third-order valence-electron chi connectivity index (χ3n) is 5.21. The van der Waals surface area contributed by atoms with Crippen molar-refractivity contribution >= 4 is 11.8 Å². The lowest BCUT2D eigenvalue weighted by atomic mass is 9.97. The van der Waals surface area contributed by atoms with Gasteiger partial charge in [0.05, 0.1) is 13.3 Å². The van der Waals surface area contributed by atoms with Crippen LogP contribution in [0, 0.1) is 6.92 Å². The maximum absolute atomic E-state index is 13.2. The molecule has 2 aromatic carbocycles. The van der Waals surface area contributed by atoms with Crippen LogP contribution >= 0.6 is 0 Å². The van der Waals surface area contributed by atoms with Crippen molar-refractivity contribution in [3.63, 3.8) is 0 Å². The fourth-order valence-corrected chi connectivity index (χ4v) is 3.58. The predicted molar refractivity (Wildman–Crippen MR) is 115 cm³/mol. The van der Waals surface area contributed by atoms with Gasteiger partial charge in [-0.3, -0.25) is 9.59 Å². The molecule has 1 aliphatic rings. The number of rotatable bonds is 5. The Kier molecular flexibility index (Phi) is 5.84. The Morgan fingerprint density at radius 3 is 2.42 bits per heavy atom. The molecule has 1 N–H and O–H groups in total. The van der Waals surface area contributed by atoms with Crippen LogP contribution in [0.5, 0.6) is 17.2 Å². The average Bonchev–Trinajstić information content (AvgIpc) is 2.80. The van der Waals surface area contributed by atoms with Crippen molar-refractivity contribution in [2.45, 2.75) is 13.0 Å². The van der Waals surface area contributed by atoms with Crippen molar-refractivity contribution in [1.29, 1.82) is 0 Å². The molecule has 4 rings (SSSR count). The second-order valence-corrected chi connectivity index (χ2v) is 7.21. The molecule has 0 bridgehead atoms. The van der Waals surface area contributed by atoms with Crippen molar-refractivity contribution in [3.05, 3.63) is 83.7 Å². The molecule has 0 saturated carbocycles. The summed E-state index contributed by atoms with van der Waals surface area (Å²) in [5.41, 5.74) is 2.03. The Bertz CT molecular complexity index is 1080. The van der Waals surface area contributed by atoms with Crippen molar-refractivity contribution in [1.82, 2.24) is 15.2 Å². The highest BCUT2D eigenvalue weighted by atomic mass is 16.5. The maximum Gasteiger partial charge on any atom is 0.273 e. The number of piperazine rings is 1. The maximum atomic E-state index is 13.2. The summed E-state index contributed by atoms with van der Waals surface area (Å²) in [5.74, 6) is 1.40. The highest BCUT2D eigenvalue weighted by Gasteiger charge is 2.35. The van der Waals surface area contributed by atoms with Crippen LogP contribution in [0.1, 0.15) is 27.7 Å². The molecule has 1 saturated heterocycles. The number of ether oxygens (including phenoxy) is 2. The summed E-state index contributed by atoms with van der Waals surface area (Å²) in [6.45, 7) is 2.75. The SMILES string of the molecule is COc1ccc(Oc2ccc(C(=O)N3CCNC(=O)C3c3ccccc3C)nc2)cc1. The molecule has 1 atom stereocenters. The van der Waals surface area contributed by atoms with Crippen LogP contribution in [0.4, 0.5) is 0 Å². The van der Waals surface area contributed by atoms with Gasteiger partial charge in [0.1, 0.15) is 29.0 Å². The van der Waals surface area contributed by atoms with Gasteiger partial charge in [-0.15, -0.1) is 0 Å². The molecule has 1 aromatic heterocycles. The van der Waals surface area contributed by atoms with Gasteiger partial charge < -0.3 is 19.7 Å². The Labute approximate surface area is 180 Å². The molecule has 2 heterocycles. The van der Waals surface area contributed by atoms with Crippen molar-refractivity contribution in [2.24, 2.45) is 0 Å². The highest BCUT2D eigenvalue weighted by molar-refractivity contribution is 5.97. The number of pyridine rings is 1. The number of carbonyl (C=O) groups excluding carboxylic acids is 2. The van der Waals surface area contributed by atoms with E-state index in [-0.39, 0.29) is 17.5 Å². The van der Waals surface area contributed by atoms with E-state index in [1.165, 1.54) is 6.20 Å². The molecule has 31 heavy (non-hydrogen) atoms. The van der Waals surface area contributed by atoms with E-state index in [0.717, 1.165) is 16.9 Å². The predicted octanol–water partition coefficient (Wildman–Crippen LogP) is 3.50. The van der Waals surface area contributed by atoms with E-state index in [4.69, 9.17) is 9.47 Å². The van der Waals surface area contributed by atoms with Crippen LogP contribution in [0.2, 0.25) is 0 Å². The zero-order valence-electron chi connectivity index (χ0n) is 17.4. The number of hydrogen-bond donors (Lipinski definition) is 1. The number of hydrogen-bond acceptors (Lipinski definition) is 5. The standard InChI is InChI=1S/C24H23N3O4/c1-16-5-3-4-6-20(16)22-23(28)25-13-14-27(22)24(29)21-12-11-19(15-26-21)31-18-9-7-17(30-2)8-10-18/h3-12,15,22H,13-14H2,1-2H3,(H,25,28). The normalized spacial score (nSPS) is 15.9. The average molecular weight is 417 g/mol. The van der Waals surface area contributed by atoms with Gasteiger partial charge >= 0.3 is 0 Å². The zero-order valence-corrected chi connectivity index (χ0v) is 17.4. The van der Waals surface area contributed by atoms with Gasteiger partial charge in [-0.2, -0.15) is 0 Å². The van der Waals surface area contributed by atoms with E-state index >= 15 is 0 Å². The van der Waals surface area contributed by atoms with Crippen LogP contribution in [0.3, 0.4) is 0 Å². The molecule has 158 valence electrons. The monoisotopic (exact) mass is 417 g/mol. The Morgan fingerprint density at radius 2 is 1.74 bits per heavy atom. The third kappa shape index (κ3) is 4.35. The smallest absolute Gasteiger partial charge is 0.273 e. The number of nitrogens with one attached hydrogen (secondary N) is 1. The fourth-order valence-electron chi connectivity index (χ4n) is 3.58. The van der Waals surface area contributed by atoms with E-state index < -0.39 is 6.04 Å². The van der Waals surface area contributed by atoms with Gasteiger partial charge in [0, 0.05) is 13.1 Å². The van der Waals surface area contributed by atoms with Gasteiger partial charge in [0.2, 0.25) is 5.91 Å². The lowest BCUT2D eigenvalue weighted by Crippen LogP contribution is -2.52. The fraction of sp³-hybridized carbons (Fsp3) is 0.208. The number of benzene rings is 2. The van der Waals surface area contributed by atoms with Crippen LogP contribution in [-0.4, -0.2) is 41.9 Å². The zero-order chi connectivity index (χ0) is 21.8. The number of methoxy groups -OCH3 is 1. The molecule has 2 amide bonds. The number of carbonyl (C=O) groups is 2. The Balaban J connectivity index is 1.53. The van der Waals surface area contributed by atoms with E-state index in [1.807, 2.05) is 31.2 Å². The van der Waals surface area contributed by atoms with E-state index in [9.17, 15) is 9.59 Å². The van der Waals surface area contributed by atoms with Gasteiger partial charge in [-0.05, 0) is 54.4 Å². The number of aryl methyl sites for hydroxylation is 1. The highest BCUT2D eigenvalue weighted by Crippen LogP contribution is 2.28. The molecular weight excluding hydrogens is 394 g/mol. The second kappa shape index (κ2) is 8.87. The van der Waals surface area contributed by atoms with Crippen molar-refractivity contribution in [2.75, 3.05) is 20.2 Å². The molecule has 7 heteroatoms. The first-order valence-corrected chi connectivity index (χ1v) is 9.99. The second-order valence-electron chi connectivity index (χ2n) is 7.21. The van der Waals surface area contributed by atoms with Gasteiger partial charge in [0.15, 0.2) is 0 Å². The summed E-state index contributed by atoms with van der Waals surface area (Å²) in [6.07, 6.45) is 1.50.